The summed E-state index contributed by atoms with van der Waals surface area (Å²) < 4.78 is 5.24. The minimum atomic E-state index is -0.514. The highest BCUT2D eigenvalue weighted by atomic mass is 16.6. The summed E-state index contributed by atoms with van der Waals surface area (Å²) >= 11 is 0. The Morgan fingerprint density at radius 3 is 2.29 bits per heavy atom. The molecule has 0 heterocycles. The number of carbonyl (C=O) groups excluding carboxylic acids is 1. The van der Waals surface area contributed by atoms with Crippen LogP contribution in [0.2, 0.25) is 0 Å². The van der Waals surface area contributed by atoms with E-state index >= 15 is 0 Å². The van der Waals surface area contributed by atoms with Gasteiger partial charge in [-0.25, -0.2) is 4.79 Å². The Kier molecular flexibility index (Phi) is 6.01. The number of benzene rings is 1. The first kappa shape index (κ1) is 17.6. The molecule has 24 heavy (non-hydrogen) atoms. The van der Waals surface area contributed by atoms with Crippen LogP contribution in [0.4, 0.5) is 4.79 Å². The normalized spacial score (nSPS) is 21.1. The fraction of sp³-hybridized carbons (Fsp3) is 0.250. The van der Waals surface area contributed by atoms with Crippen molar-refractivity contribution in [1.29, 1.82) is 0 Å². The maximum atomic E-state index is 11.8. The molecule has 4 heteroatoms. The monoisotopic (exact) mass is 324 g/mol. The fourth-order valence-corrected chi connectivity index (χ4v) is 2.04. The third-order valence-corrected chi connectivity index (χ3v) is 3.09. The van der Waals surface area contributed by atoms with Crippen molar-refractivity contribution in [2.45, 2.75) is 32.9 Å². The van der Waals surface area contributed by atoms with Gasteiger partial charge in [0.2, 0.25) is 0 Å². The summed E-state index contributed by atoms with van der Waals surface area (Å²) in [7, 11) is 0. The highest BCUT2D eigenvalue weighted by molar-refractivity contribution is 5.71. The summed E-state index contributed by atoms with van der Waals surface area (Å²) in [6.45, 7) is 6.27. The smallest absolute Gasteiger partial charge is 0.412 e. The van der Waals surface area contributed by atoms with Crippen molar-refractivity contribution < 1.29 is 9.53 Å². The lowest BCUT2D eigenvalue weighted by Crippen LogP contribution is -2.31. The van der Waals surface area contributed by atoms with Crippen molar-refractivity contribution in [3.63, 3.8) is 0 Å². The van der Waals surface area contributed by atoms with Gasteiger partial charge in [-0.05, 0) is 50.6 Å². The van der Waals surface area contributed by atoms with Gasteiger partial charge in [-0.1, -0.05) is 42.5 Å². The van der Waals surface area contributed by atoms with Gasteiger partial charge >= 0.3 is 6.09 Å². The lowest BCUT2D eigenvalue weighted by atomic mass is 10.2. The summed E-state index contributed by atoms with van der Waals surface area (Å²) in [5, 5.41) is 6.10. The van der Waals surface area contributed by atoms with Gasteiger partial charge < -0.3 is 10.1 Å². The van der Waals surface area contributed by atoms with Crippen molar-refractivity contribution in [2.24, 2.45) is 0 Å². The Bertz CT molecular complexity index is 677. The van der Waals surface area contributed by atoms with Crippen molar-refractivity contribution in [1.82, 2.24) is 10.6 Å². The van der Waals surface area contributed by atoms with E-state index in [1.54, 1.807) is 0 Å². The predicted molar refractivity (Wildman–Crippen MR) is 97.1 cm³/mol. The average molecular weight is 324 g/mol. The molecular formula is C20H24N2O2. The van der Waals surface area contributed by atoms with E-state index < -0.39 is 11.7 Å². The molecule has 0 aromatic heterocycles. The molecule has 0 atom stereocenters. The standard InChI is InChI=1S/C20H24N2O2/c1-20(2,3)24-19(23)22-18-13-7-11-17(12-8-14-18)21-15-16-9-5-4-6-10-16/h4-14,21H,15H2,1-3H3,(H,22,23)/b11-7-,12-8?,13-7?,14-8-,17-11?,17-12+,18-13+,18-14?. The zero-order valence-electron chi connectivity index (χ0n) is 14.4. The first-order chi connectivity index (χ1) is 11.4. The zero-order chi connectivity index (χ0) is 17.4. The van der Waals surface area contributed by atoms with E-state index in [1.807, 2.05) is 75.4 Å². The third kappa shape index (κ3) is 6.57. The Labute approximate surface area is 143 Å². The molecule has 4 nitrogen and oxygen atoms in total. The van der Waals surface area contributed by atoms with Crippen molar-refractivity contribution in [3.8, 4) is 0 Å². The number of hydrogen-bond donors (Lipinski definition) is 2. The first-order valence-electron chi connectivity index (χ1n) is 7.97. The summed E-state index contributed by atoms with van der Waals surface area (Å²) in [6.07, 6.45) is 10.9. The molecule has 0 saturated carbocycles. The Hall–Kier alpha value is -2.75. The number of hydrogen-bond acceptors (Lipinski definition) is 3. The largest absolute Gasteiger partial charge is 0.444 e. The molecule has 1 amide bonds. The topological polar surface area (TPSA) is 50.4 Å². The number of amides is 1. The molecule has 0 unspecified atom stereocenters. The van der Waals surface area contributed by atoms with Crippen LogP contribution in [0.3, 0.4) is 0 Å². The Morgan fingerprint density at radius 1 is 1.00 bits per heavy atom. The van der Waals surface area contributed by atoms with Gasteiger partial charge in [0.15, 0.2) is 0 Å². The highest BCUT2D eigenvalue weighted by Crippen LogP contribution is 2.09. The van der Waals surface area contributed by atoms with Gasteiger partial charge in [-0.15, -0.1) is 0 Å². The quantitative estimate of drug-likeness (QED) is 0.873. The molecule has 0 spiro atoms. The summed E-state index contributed by atoms with van der Waals surface area (Å²) in [5.74, 6) is 0. The van der Waals surface area contributed by atoms with Crippen LogP contribution < -0.4 is 10.6 Å². The molecule has 0 saturated heterocycles. The third-order valence-electron chi connectivity index (χ3n) is 3.09. The van der Waals surface area contributed by atoms with E-state index in [0.717, 1.165) is 12.2 Å². The number of nitrogens with one attached hydrogen (secondary N) is 2. The van der Waals surface area contributed by atoms with Gasteiger partial charge in [0.1, 0.15) is 5.60 Å². The van der Waals surface area contributed by atoms with Crippen molar-refractivity contribution in [2.75, 3.05) is 0 Å². The summed E-state index contributed by atoms with van der Waals surface area (Å²) in [6, 6.07) is 10.2. The van der Waals surface area contributed by atoms with Gasteiger partial charge in [0, 0.05) is 17.9 Å². The lowest BCUT2D eigenvalue weighted by molar-refractivity contribution is 0.0548. The van der Waals surface area contributed by atoms with E-state index in [4.69, 9.17) is 4.74 Å². The van der Waals surface area contributed by atoms with Crippen LogP contribution in [0.15, 0.2) is 78.2 Å². The summed E-state index contributed by atoms with van der Waals surface area (Å²) in [5.41, 5.74) is 2.39. The lowest BCUT2D eigenvalue weighted by Gasteiger charge is -2.20. The molecule has 0 radical (unpaired) electrons. The van der Waals surface area contributed by atoms with E-state index in [0.29, 0.717) is 5.70 Å². The second-order valence-electron chi connectivity index (χ2n) is 6.43. The molecule has 1 aliphatic rings. The zero-order valence-corrected chi connectivity index (χ0v) is 14.4. The van der Waals surface area contributed by atoms with Gasteiger partial charge in [0.05, 0.1) is 0 Å². The number of allylic oxidation sites excluding steroid dienone is 6. The number of alkyl carbamates (subject to hydrolysis) is 1. The van der Waals surface area contributed by atoms with Crippen LogP contribution in [0.1, 0.15) is 26.3 Å². The molecule has 1 aromatic carbocycles. The Balaban J connectivity index is 1.89. The minimum Gasteiger partial charge on any atom is -0.444 e. The predicted octanol–water partition coefficient (Wildman–Crippen LogP) is 4.19. The average Bonchev–Trinajstić information content (AvgIpc) is 2.48. The van der Waals surface area contributed by atoms with Crippen LogP contribution in [0, 0.1) is 0 Å². The van der Waals surface area contributed by atoms with E-state index in [2.05, 4.69) is 22.8 Å². The second kappa shape index (κ2) is 8.20. The molecule has 126 valence electrons. The highest BCUT2D eigenvalue weighted by Gasteiger charge is 2.16. The maximum absolute atomic E-state index is 11.8. The molecule has 1 aromatic rings. The molecule has 0 bridgehead atoms. The van der Waals surface area contributed by atoms with E-state index in [-0.39, 0.29) is 0 Å². The molecule has 0 fully saturated rings. The second-order valence-corrected chi connectivity index (χ2v) is 6.43. The van der Waals surface area contributed by atoms with E-state index in [9.17, 15) is 4.79 Å². The van der Waals surface area contributed by atoms with Crippen LogP contribution in [0.25, 0.3) is 0 Å². The first-order valence-corrected chi connectivity index (χ1v) is 7.97. The Morgan fingerprint density at radius 2 is 1.62 bits per heavy atom. The van der Waals surface area contributed by atoms with Crippen LogP contribution in [-0.2, 0) is 11.3 Å². The number of rotatable bonds is 4. The van der Waals surface area contributed by atoms with Crippen molar-refractivity contribution in [3.05, 3.63) is 83.7 Å². The molecule has 2 rings (SSSR count). The molecule has 1 aliphatic carbocycles. The molecule has 2 N–H and O–H groups in total. The molecular weight excluding hydrogens is 300 g/mol. The number of ether oxygens (including phenoxy) is 1. The van der Waals surface area contributed by atoms with Gasteiger partial charge in [-0.2, -0.15) is 0 Å². The SMILES string of the molecule is CC(C)(C)OC(=O)NC1=C/C=C\C(NCc2ccccc2)=C/C=C\1. The maximum Gasteiger partial charge on any atom is 0.412 e. The van der Waals surface area contributed by atoms with E-state index in [1.165, 1.54) is 5.56 Å². The summed E-state index contributed by atoms with van der Waals surface area (Å²) in [4.78, 5) is 11.8. The van der Waals surface area contributed by atoms with Crippen LogP contribution in [0.5, 0.6) is 0 Å². The van der Waals surface area contributed by atoms with Crippen molar-refractivity contribution >= 4 is 6.09 Å². The number of carbonyl (C=O) groups is 1. The van der Waals surface area contributed by atoms with Crippen LogP contribution in [-0.4, -0.2) is 11.7 Å². The fourth-order valence-electron chi connectivity index (χ4n) is 2.04. The molecule has 0 aliphatic heterocycles. The van der Waals surface area contributed by atoms with Gasteiger partial charge in [0.25, 0.3) is 0 Å². The minimum absolute atomic E-state index is 0.459. The van der Waals surface area contributed by atoms with Gasteiger partial charge in [-0.3, -0.25) is 5.32 Å². The van der Waals surface area contributed by atoms with Crippen LogP contribution >= 0.6 is 0 Å².